The van der Waals surface area contributed by atoms with Gasteiger partial charge in [0, 0.05) is 32.6 Å². The molecule has 1 aromatic rings. The topological polar surface area (TPSA) is 43.8 Å². The first-order valence-electron chi connectivity index (χ1n) is 10.4. The van der Waals surface area contributed by atoms with Crippen LogP contribution in [-0.2, 0) is 4.79 Å². The van der Waals surface area contributed by atoms with Crippen LogP contribution < -0.4 is 4.90 Å². The second-order valence-electron chi connectivity index (χ2n) is 9.68. The Bertz CT molecular complexity index is 730. The molecular weight excluding hydrogens is 360 g/mol. The number of carbonyl (C=O) groups excluding carboxylic acids is 1. The minimum atomic E-state index is -0.479. The van der Waals surface area contributed by atoms with Crippen LogP contribution in [0.2, 0.25) is 5.02 Å². The van der Waals surface area contributed by atoms with Gasteiger partial charge in [0.1, 0.15) is 0 Å². The second-order valence-corrected chi connectivity index (χ2v) is 10.1. The molecule has 0 aromatic heterocycles. The molecule has 5 aliphatic rings. The van der Waals surface area contributed by atoms with E-state index in [9.17, 15) is 9.90 Å². The molecule has 1 amide bonds. The molecule has 6 rings (SSSR count). The Hall–Kier alpha value is -1.26. The molecule has 27 heavy (non-hydrogen) atoms. The number of carbonyl (C=O) groups is 1. The minimum Gasteiger partial charge on any atom is -0.390 e. The average Bonchev–Trinajstić information content (AvgIpc) is 2.60. The van der Waals surface area contributed by atoms with Gasteiger partial charge >= 0.3 is 0 Å². The summed E-state index contributed by atoms with van der Waals surface area (Å²) in [6, 6.07) is 7.93. The van der Waals surface area contributed by atoms with Gasteiger partial charge in [-0.15, -0.1) is 0 Å². The molecule has 1 heterocycles. The lowest BCUT2D eigenvalue weighted by molar-refractivity contribution is -0.172. The van der Waals surface area contributed by atoms with Gasteiger partial charge in [0.05, 0.1) is 16.3 Å². The molecule has 1 aliphatic heterocycles. The van der Waals surface area contributed by atoms with E-state index >= 15 is 0 Å². The summed E-state index contributed by atoms with van der Waals surface area (Å²) in [5.74, 6) is 1.57. The van der Waals surface area contributed by atoms with Crippen LogP contribution >= 0.6 is 11.6 Å². The van der Waals surface area contributed by atoms with Crippen molar-refractivity contribution >= 4 is 23.2 Å². The monoisotopic (exact) mass is 388 g/mol. The molecule has 1 aromatic carbocycles. The standard InChI is InChI=1S/C22H29ClN2O2/c23-18-3-1-2-4-19(18)24-5-7-25(8-6-24)20(26)14-21-10-16-9-17(11-21)13-22(27,12-16)15-21/h1-4,16-17,27H,5-15H2/t16-,17+,21?,22?. The van der Waals surface area contributed by atoms with Gasteiger partial charge in [0.15, 0.2) is 0 Å². The lowest BCUT2D eigenvalue weighted by Gasteiger charge is -2.60. The highest BCUT2D eigenvalue weighted by Crippen LogP contribution is 2.62. The molecule has 2 unspecified atom stereocenters. The Balaban J connectivity index is 1.22. The first-order valence-corrected chi connectivity index (χ1v) is 10.8. The Morgan fingerprint density at radius 2 is 1.74 bits per heavy atom. The van der Waals surface area contributed by atoms with E-state index in [0.29, 0.717) is 24.2 Å². The Morgan fingerprint density at radius 1 is 1.07 bits per heavy atom. The highest BCUT2D eigenvalue weighted by atomic mass is 35.5. The van der Waals surface area contributed by atoms with Crippen LogP contribution in [-0.4, -0.2) is 47.7 Å². The number of para-hydroxylation sites is 1. The molecule has 0 radical (unpaired) electrons. The summed E-state index contributed by atoms with van der Waals surface area (Å²) >= 11 is 6.33. The lowest BCUT2D eigenvalue weighted by atomic mass is 9.47. The normalized spacial score (nSPS) is 37.7. The van der Waals surface area contributed by atoms with Gasteiger partial charge in [-0.1, -0.05) is 23.7 Å². The lowest BCUT2D eigenvalue weighted by Crippen LogP contribution is -2.57. The zero-order chi connectivity index (χ0) is 18.6. The number of piperazine rings is 1. The van der Waals surface area contributed by atoms with Crippen LogP contribution in [0.5, 0.6) is 0 Å². The van der Waals surface area contributed by atoms with Gasteiger partial charge in [-0.3, -0.25) is 4.79 Å². The van der Waals surface area contributed by atoms with E-state index < -0.39 is 5.60 Å². The first-order chi connectivity index (χ1) is 12.9. The average molecular weight is 389 g/mol. The van der Waals surface area contributed by atoms with Crippen LogP contribution in [0.3, 0.4) is 0 Å². The van der Waals surface area contributed by atoms with Crippen LogP contribution in [0.4, 0.5) is 5.69 Å². The fraction of sp³-hybridized carbons (Fsp3) is 0.682. The minimum absolute atomic E-state index is 0.0653. The molecule has 1 saturated heterocycles. The third-order valence-corrected chi connectivity index (χ3v) is 7.82. The summed E-state index contributed by atoms with van der Waals surface area (Å²) < 4.78 is 0. The molecule has 1 N–H and O–H groups in total. The highest BCUT2D eigenvalue weighted by Gasteiger charge is 2.57. The third-order valence-electron chi connectivity index (χ3n) is 7.50. The maximum atomic E-state index is 13.1. The van der Waals surface area contributed by atoms with Crippen molar-refractivity contribution in [3.8, 4) is 0 Å². The van der Waals surface area contributed by atoms with E-state index in [2.05, 4.69) is 11.0 Å². The fourth-order valence-electron chi connectivity index (χ4n) is 6.95. The molecule has 146 valence electrons. The summed E-state index contributed by atoms with van der Waals surface area (Å²) in [6.45, 7) is 3.18. The molecule has 5 fully saturated rings. The van der Waals surface area contributed by atoms with Crippen molar-refractivity contribution in [2.24, 2.45) is 17.3 Å². The zero-order valence-electron chi connectivity index (χ0n) is 15.9. The molecule has 4 atom stereocenters. The van der Waals surface area contributed by atoms with E-state index in [1.807, 2.05) is 23.1 Å². The molecule has 4 nitrogen and oxygen atoms in total. The van der Waals surface area contributed by atoms with Gasteiger partial charge in [0.25, 0.3) is 0 Å². The van der Waals surface area contributed by atoms with E-state index in [0.717, 1.165) is 69.0 Å². The van der Waals surface area contributed by atoms with Gasteiger partial charge in [-0.25, -0.2) is 0 Å². The number of nitrogens with zero attached hydrogens (tertiary/aromatic N) is 2. The maximum Gasteiger partial charge on any atom is 0.223 e. The first kappa shape index (κ1) is 17.8. The van der Waals surface area contributed by atoms with Gasteiger partial charge in [-0.2, -0.15) is 0 Å². The molecule has 5 heteroatoms. The number of halogens is 1. The quantitative estimate of drug-likeness (QED) is 0.858. The predicted octanol–water partition coefficient (Wildman–Crippen LogP) is 3.71. The summed E-state index contributed by atoms with van der Waals surface area (Å²) in [5, 5.41) is 11.7. The van der Waals surface area contributed by atoms with Crippen molar-refractivity contribution in [3.63, 3.8) is 0 Å². The van der Waals surface area contributed by atoms with Crippen molar-refractivity contribution in [1.82, 2.24) is 4.90 Å². The van der Waals surface area contributed by atoms with Crippen molar-refractivity contribution in [3.05, 3.63) is 29.3 Å². The van der Waals surface area contributed by atoms with Crippen LogP contribution in [0.1, 0.15) is 44.9 Å². The van der Waals surface area contributed by atoms with Crippen molar-refractivity contribution in [2.75, 3.05) is 31.1 Å². The van der Waals surface area contributed by atoms with E-state index in [1.165, 1.54) is 6.42 Å². The molecule has 4 aliphatic carbocycles. The van der Waals surface area contributed by atoms with E-state index in [1.54, 1.807) is 0 Å². The van der Waals surface area contributed by atoms with E-state index in [4.69, 9.17) is 11.6 Å². The Kier molecular flexibility index (Phi) is 4.21. The van der Waals surface area contributed by atoms with Crippen LogP contribution in [0.25, 0.3) is 0 Å². The Morgan fingerprint density at radius 3 is 2.37 bits per heavy atom. The largest absolute Gasteiger partial charge is 0.390 e. The number of hydrogen-bond donors (Lipinski definition) is 1. The number of amides is 1. The van der Waals surface area contributed by atoms with Gasteiger partial charge in [0.2, 0.25) is 5.91 Å². The van der Waals surface area contributed by atoms with Crippen LogP contribution in [0.15, 0.2) is 24.3 Å². The van der Waals surface area contributed by atoms with Crippen molar-refractivity contribution < 1.29 is 9.90 Å². The van der Waals surface area contributed by atoms with Gasteiger partial charge in [-0.05, 0) is 67.9 Å². The highest BCUT2D eigenvalue weighted by molar-refractivity contribution is 6.33. The molecule has 0 spiro atoms. The summed E-state index contributed by atoms with van der Waals surface area (Å²) in [4.78, 5) is 17.4. The summed E-state index contributed by atoms with van der Waals surface area (Å²) in [6.07, 6.45) is 6.99. The van der Waals surface area contributed by atoms with E-state index in [-0.39, 0.29) is 5.41 Å². The predicted molar refractivity (Wildman–Crippen MR) is 107 cm³/mol. The molecule has 4 saturated carbocycles. The Labute approximate surface area is 166 Å². The number of rotatable bonds is 3. The van der Waals surface area contributed by atoms with Crippen LogP contribution in [0, 0.1) is 17.3 Å². The summed E-state index contributed by atoms with van der Waals surface area (Å²) in [5.41, 5.74) is 0.651. The van der Waals surface area contributed by atoms with Crippen molar-refractivity contribution in [2.45, 2.75) is 50.5 Å². The number of hydrogen-bond acceptors (Lipinski definition) is 3. The molecule has 4 bridgehead atoms. The maximum absolute atomic E-state index is 13.1. The van der Waals surface area contributed by atoms with Crippen molar-refractivity contribution in [1.29, 1.82) is 0 Å². The SMILES string of the molecule is O=C(CC12C[C@@H]3C[C@@H](CC(O)(C3)C1)C2)N1CCN(c2ccccc2Cl)CC1. The number of anilines is 1. The molecular formula is C22H29ClN2O2. The zero-order valence-corrected chi connectivity index (χ0v) is 16.6. The number of benzene rings is 1. The third kappa shape index (κ3) is 3.25. The van der Waals surface area contributed by atoms with Gasteiger partial charge < -0.3 is 14.9 Å². The fourth-order valence-corrected chi connectivity index (χ4v) is 7.20. The summed E-state index contributed by atoms with van der Waals surface area (Å²) in [7, 11) is 0. The second kappa shape index (κ2) is 6.38. The smallest absolute Gasteiger partial charge is 0.223 e. The number of aliphatic hydroxyl groups is 1.